The molecule has 10 nitrogen and oxygen atoms in total. The lowest BCUT2D eigenvalue weighted by molar-refractivity contribution is -0.386. The normalized spacial score (nSPS) is 14.8. The van der Waals surface area contributed by atoms with Gasteiger partial charge in [-0.3, -0.25) is 10.1 Å². The zero-order chi connectivity index (χ0) is 23.3. The highest BCUT2D eigenvalue weighted by Crippen LogP contribution is 2.30. The molecule has 1 heterocycles. The molecule has 3 rings (SSSR count). The molecule has 2 aromatic rings. The van der Waals surface area contributed by atoms with E-state index in [-0.39, 0.29) is 42.9 Å². The fourth-order valence-corrected chi connectivity index (χ4v) is 4.90. The van der Waals surface area contributed by atoms with Gasteiger partial charge in [-0.2, -0.15) is 4.31 Å². The largest absolute Gasteiger partial charge is 0.490 e. The van der Waals surface area contributed by atoms with Crippen LogP contribution in [0, 0.1) is 10.1 Å². The number of piperazine rings is 1. The van der Waals surface area contributed by atoms with Crippen LogP contribution in [0.1, 0.15) is 5.56 Å². The van der Waals surface area contributed by atoms with Crippen molar-refractivity contribution in [1.29, 1.82) is 0 Å². The maximum Gasteiger partial charge on any atom is 0.317 e. The molecule has 0 aliphatic carbocycles. The third kappa shape index (κ3) is 5.47. The van der Waals surface area contributed by atoms with Crippen LogP contribution in [0.15, 0.2) is 47.4 Å². The van der Waals surface area contributed by atoms with Gasteiger partial charge in [0.1, 0.15) is 0 Å². The molecule has 0 bridgehead atoms. The van der Waals surface area contributed by atoms with E-state index in [1.165, 1.54) is 23.5 Å². The first-order valence-corrected chi connectivity index (χ1v) is 11.6. The molecule has 0 atom stereocenters. The van der Waals surface area contributed by atoms with Crippen LogP contribution in [0.25, 0.3) is 0 Å². The molecule has 1 N–H and O–H groups in total. The van der Waals surface area contributed by atoms with Crippen LogP contribution in [-0.4, -0.2) is 68.4 Å². The molecule has 2 aromatic carbocycles. The smallest absolute Gasteiger partial charge is 0.317 e. The van der Waals surface area contributed by atoms with Gasteiger partial charge in [0.25, 0.3) is 0 Å². The fraction of sp³-hybridized carbons (Fsp3) is 0.350. The average Bonchev–Trinajstić information content (AvgIpc) is 2.79. The van der Waals surface area contributed by atoms with Crippen LogP contribution in [0.2, 0.25) is 5.02 Å². The first kappa shape index (κ1) is 23.8. The van der Waals surface area contributed by atoms with Gasteiger partial charge in [0.2, 0.25) is 10.0 Å². The van der Waals surface area contributed by atoms with E-state index in [1.54, 1.807) is 17.0 Å². The second-order valence-electron chi connectivity index (χ2n) is 7.09. The van der Waals surface area contributed by atoms with Gasteiger partial charge in [-0.1, -0.05) is 23.7 Å². The van der Waals surface area contributed by atoms with Gasteiger partial charge in [-0.05, 0) is 36.2 Å². The van der Waals surface area contributed by atoms with Gasteiger partial charge in [-0.25, -0.2) is 13.2 Å². The van der Waals surface area contributed by atoms with E-state index in [0.29, 0.717) is 18.0 Å². The number of carbonyl (C=O) groups is 1. The number of carbonyl (C=O) groups excluding carboxylic acids is 1. The Bertz CT molecular complexity index is 1090. The summed E-state index contributed by atoms with van der Waals surface area (Å²) in [5, 5.41) is 14.7. The van der Waals surface area contributed by atoms with Crippen molar-refractivity contribution in [2.75, 3.05) is 39.8 Å². The Labute approximate surface area is 190 Å². The topological polar surface area (TPSA) is 122 Å². The molecule has 32 heavy (non-hydrogen) atoms. The predicted molar refractivity (Wildman–Crippen MR) is 119 cm³/mol. The maximum atomic E-state index is 12.9. The highest BCUT2D eigenvalue weighted by atomic mass is 35.5. The van der Waals surface area contributed by atoms with E-state index in [0.717, 1.165) is 11.6 Å². The first-order chi connectivity index (χ1) is 15.2. The zero-order valence-corrected chi connectivity index (χ0v) is 18.9. The minimum absolute atomic E-state index is 0.0194. The Morgan fingerprint density at radius 3 is 2.41 bits per heavy atom. The molecule has 2 amide bonds. The van der Waals surface area contributed by atoms with E-state index in [2.05, 4.69) is 5.32 Å². The first-order valence-electron chi connectivity index (χ1n) is 9.82. The minimum atomic E-state index is -3.94. The summed E-state index contributed by atoms with van der Waals surface area (Å²) in [6, 6.07) is 10.6. The lowest BCUT2D eigenvalue weighted by Gasteiger charge is -2.34. The number of hydrogen-bond acceptors (Lipinski definition) is 6. The van der Waals surface area contributed by atoms with E-state index in [9.17, 15) is 23.3 Å². The molecule has 12 heteroatoms. The Balaban J connectivity index is 1.56. The van der Waals surface area contributed by atoms with Crippen molar-refractivity contribution in [3.8, 4) is 5.75 Å². The van der Waals surface area contributed by atoms with Crippen LogP contribution in [0.5, 0.6) is 5.75 Å². The highest BCUT2D eigenvalue weighted by Gasteiger charge is 2.31. The van der Waals surface area contributed by atoms with E-state index < -0.39 is 20.6 Å². The Morgan fingerprint density at radius 2 is 1.81 bits per heavy atom. The van der Waals surface area contributed by atoms with Gasteiger partial charge in [0, 0.05) is 43.8 Å². The van der Waals surface area contributed by atoms with E-state index in [1.807, 2.05) is 12.1 Å². The molecule has 1 fully saturated rings. The quantitative estimate of drug-likeness (QED) is 0.478. The maximum absolute atomic E-state index is 12.9. The summed E-state index contributed by atoms with van der Waals surface area (Å²) in [5.74, 6) is -0.0194. The monoisotopic (exact) mass is 482 g/mol. The lowest BCUT2D eigenvalue weighted by atomic mass is 10.1. The van der Waals surface area contributed by atoms with Crippen molar-refractivity contribution < 1.29 is 22.9 Å². The van der Waals surface area contributed by atoms with Crippen LogP contribution in [0.4, 0.5) is 10.5 Å². The van der Waals surface area contributed by atoms with Crippen molar-refractivity contribution in [3.05, 3.63) is 63.2 Å². The number of methoxy groups -OCH3 is 1. The number of halogens is 1. The molecule has 0 spiro atoms. The SMILES string of the molecule is COc1ccc(S(=O)(=O)N2CCN(C(=O)NCCc3ccc(Cl)cc3)CC2)cc1[N+](=O)[O-]. The number of ether oxygens (including phenoxy) is 1. The van der Waals surface area contributed by atoms with E-state index >= 15 is 0 Å². The molecular formula is C20H23ClN4O6S. The molecule has 1 aliphatic heterocycles. The van der Waals surface area contributed by atoms with Gasteiger partial charge < -0.3 is 15.0 Å². The third-order valence-electron chi connectivity index (χ3n) is 5.11. The fourth-order valence-electron chi connectivity index (χ4n) is 3.33. The van der Waals surface area contributed by atoms with Crippen LogP contribution in [0.3, 0.4) is 0 Å². The standard InChI is InChI=1S/C20H23ClN4O6S/c1-31-19-7-6-17(14-18(19)25(27)28)32(29,30)24-12-10-23(11-13-24)20(26)22-9-8-15-2-4-16(21)5-3-15/h2-7,14H,8-13H2,1H3,(H,22,26). The number of hydrogen-bond donors (Lipinski definition) is 1. The average molecular weight is 483 g/mol. The van der Waals surface area contributed by atoms with Gasteiger partial charge in [0.05, 0.1) is 16.9 Å². The predicted octanol–water partition coefficient (Wildman–Crippen LogP) is 2.52. The Hall–Kier alpha value is -2.89. The zero-order valence-electron chi connectivity index (χ0n) is 17.4. The molecule has 1 aliphatic rings. The molecule has 172 valence electrons. The van der Waals surface area contributed by atoms with Gasteiger partial charge in [0.15, 0.2) is 5.75 Å². The number of nitrogens with one attached hydrogen (secondary N) is 1. The molecule has 0 unspecified atom stereocenters. The number of nitrogens with zero attached hydrogens (tertiary/aromatic N) is 3. The summed E-state index contributed by atoms with van der Waals surface area (Å²) in [7, 11) is -2.67. The van der Waals surface area contributed by atoms with Crippen molar-refractivity contribution >= 4 is 33.3 Å². The number of benzene rings is 2. The van der Waals surface area contributed by atoms with Crippen LogP contribution in [-0.2, 0) is 16.4 Å². The summed E-state index contributed by atoms with van der Waals surface area (Å²) >= 11 is 5.86. The van der Waals surface area contributed by atoms with Gasteiger partial charge >= 0.3 is 11.7 Å². The number of nitro groups is 1. The molecule has 0 saturated carbocycles. The summed E-state index contributed by atoms with van der Waals surface area (Å²) < 4.78 is 32.0. The molecule has 0 aromatic heterocycles. The second kappa shape index (κ2) is 10.2. The third-order valence-corrected chi connectivity index (χ3v) is 7.26. The van der Waals surface area contributed by atoms with Crippen molar-refractivity contribution in [3.63, 3.8) is 0 Å². The summed E-state index contributed by atoms with van der Waals surface area (Å²) in [6.45, 7) is 1.04. The molecular weight excluding hydrogens is 460 g/mol. The Kier molecular flexibility index (Phi) is 7.54. The second-order valence-corrected chi connectivity index (χ2v) is 9.46. The molecule has 1 saturated heterocycles. The number of urea groups is 1. The summed E-state index contributed by atoms with van der Waals surface area (Å²) in [4.78, 5) is 24.3. The van der Waals surface area contributed by atoms with Crippen molar-refractivity contribution in [2.45, 2.75) is 11.3 Å². The Morgan fingerprint density at radius 1 is 1.16 bits per heavy atom. The highest BCUT2D eigenvalue weighted by molar-refractivity contribution is 7.89. The van der Waals surface area contributed by atoms with E-state index in [4.69, 9.17) is 16.3 Å². The van der Waals surface area contributed by atoms with Crippen molar-refractivity contribution in [1.82, 2.24) is 14.5 Å². The van der Waals surface area contributed by atoms with Gasteiger partial charge in [-0.15, -0.1) is 0 Å². The minimum Gasteiger partial charge on any atom is -0.490 e. The summed E-state index contributed by atoms with van der Waals surface area (Å²) in [5.41, 5.74) is 0.617. The van der Waals surface area contributed by atoms with Crippen molar-refractivity contribution in [2.24, 2.45) is 0 Å². The van der Waals surface area contributed by atoms with Crippen LogP contribution >= 0.6 is 11.6 Å². The number of rotatable bonds is 7. The number of sulfonamides is 1. The summed E-state index contributed by atoms with van der Waals surface area (Å²) in [6.07, 6.45) is 0.646. The molecule has 0 radical (unpaired) electrons. The van der Waals surface area contributed by atoms with Crippen LogP contribution < -0.4 is 10.1 Å². The number of nitro benzene ring substituents is 1. The number of amides is 2. The lowest BCUT2D eigenvalue weighted by Crippen LogP contribution is -2.53.